The fraction of sp³-hybridized carbons (Fsp3) is 0. The summed E-state index contributed by atoms with van der Waals surface area (Å²) in [6.07, 6.45) is 0.809. The number of rotatable bonds is 5. The Morgan fingerprint density at radius 1 is 1.00 bits per heavy atom. The molecule has 0 saturated carbocycles. The Morgan fingerprint density at radius 2 is 1.58 bits per heavy atom. The van der Waals surface area contributed by atoms with E-state index in [2.05, 4.69) is 5.32 Å². The van der Waals surface area contributed by atoms with E-state index in [4.69, 9.17) is 5.14 Å². The van der Waals surface area contributed by atoms with Crippen molar-refractivity contribution in [2.75, 3.05) is 5.32 Å². The topological polar surface area (TPSA) is 127 Å². The van der Waals surface area contributed by atoms with Crippen LogP contribution in [0, 0.1) is 0 Å². The summed E-state index contributed by atoms with van der Waals surface area (Å²) in [7, 11) is -3.83. The number of carbonyl (C=O) groups excluding carboxylic acids is 2. The van der Waals surface area contributed by atoms with E-state index in [0.717, 1.165) is 6.08 Å². The largest absolute Gasteiger partial charge is 0.507 e. The van der Waals surface area contributed by atoms with Gasteiger partial charge in [-0.05, 0) is 24.3 Å². The second-order valence-electron chi connectivity index (χ2n) is 4.78. The van der Waals surface area contributed by atoms with Crippen molar-refractivity contribution in [2.24, 2.45) is 5.14 Å². The smallest absolute Gasteiger partial charge is 0.296 e. The third-order valence-corrected chi connectivity index (χ3v) is 3.93. The zero-order valence-electron chi connectivity index (χ0n) is 12.3. The first-order chi connectivity index (χ1) is 11.3. The second-order valence-corrected chi connectivity index (χ2v) is 6.34. The number of carbonyl (C=O) groups is 2. The number of anilines is 1. The molecule has 0 atom stereocenters. The van der Waals surface area contributed by atoms with E-state index in [1.807, 2.05) is 0 Å². The molecule has 2 aromatic carbocycles. The number of hydrogen-bond acceptors (Lipinski definition) is 5. The van der Waals surface area contributed by atoms with Crippen LogP contribution in [0.15, 0.2) is 65.6 Å². The molecule has 4 N–H and O–H groups in total. The molecule has 0 aliphatic carbocycles. The lowest BCUT2D eigenvalue weighted by Crippen LogP contribution is -2.21. The molecular weight excluding hydrogens is 332 g/mol. The number of aliphatic hydroxyl groups excluding tert-OH is 1. The van der Waals surface area contributed by atoms with Crippen molar-refractivity contribution >= 4 is 33.2 Å². The number of sulfonamides is 1. The maximum atomic E-state index is 11.8. The van der Waals surface area contributed by atoms with Crippen molar-refractivity contribution in [1.29, 1.82) is 0 Å². The maximum Gasteiger partial charge on any atom is 0.296 e. The van der Waals surface area contributed by atoms with Gasteiger partial charge < -0.3 is 10.4 Å². The number of ketones is 1. The van der Waals surface area contributed by atoms with Gasteiger partial charge in [0.05, 0.1) is 4.90 Å². The number of hydrogen-bond donors (Lipinski definition) is 3. The van der Waals surface area contributed by atoms with Crippen molar-refractivity contribution in [3.05, 3.63) is 66.2 Å². The number of primary sulfonamides is 1. The van der Waals surface area contributed by atoms with Gasteiger partial charge in [-0.2, -0.15) is 0 Å². The molecule has 124 valence electrons. The predicted octanol–water partition coefficient (Wildman–Crippen LogP) is 1.44. The van der Waals surface area contributed by atoms with E-state index < -0.39 is 21.7 Å². The van der Waals surface area contributed by atoms with Gasteiger partial charge in [-0.15, -0.1) is 0 Å². The SMILES string of the molecule is NS(=O)(=O)c1ccc(NC(=O)C(=O)/C=C(\O)c2ccccc2)cc1. The van der Waals surface area contributed by atoms with E-state index in [9.17, 15) is 23.1 Å². The first-order valence-corrected chi connectivity index (χ1v) is 8.26. The number of amides is 1. The molecule has 2 rings (SSSR count). The van der Waals surface area contributed by atoms with Crippen LogP contribution in [0.2, 0.25) is 0 Å². The van der Waals surface area contributed by atoms with Crippen LogP contribution in [0.4, 0.5) is 5.69 Å². The Bertz CT molecular complexity index is 888. The summed E-state index contributed by atoms with van der Waals surface area (Å²) in [4.78, 5) is 23.5. The van der Waals surface area contributed by atoms with E-state index in [1.54, 1.807) is 30.3 Å². The molecule has 0 fully saturated rings. The highest BCUT2D eigenvalue weighted by atomic mass is 32.2. The molecule has 7 nitrogen and oxygen atoms in total. The predicted molar refractivity (Wildman–Crippen MR) is 88.5 cm³/mol. The van der Waals surface area contributed by atoms with Gasteiger partial charge in [-0.25, -0.2) is 13.6 Å². The standard InChI is InChI=1S/C16H14N2O5S/c17-24(22,23)13-8-6-12(7-9-13)18-16(21)15(20)10-14(19)11-4-2-1-3-5-11/h1-10,19H,(H,18,21)(H2,17,22,23)/b14-10-. The summed E-state index contributed by atoms with van der Waals surface area (Å²) >= 11 is 0. The van der Waals surface area contributed by atoms with Crippen molar-refractivity contribution < 1.29 is 23.1 Å². The van der Waals surface area contributed by atoms with Crippen LogP contribution in [0.3, 0.4) is 0 Å². The number of benzene rings is 2. The molecule has 2 aromatic rings. The monoisotopic (exact) mass is 346 g/mol. The summed E-state index contributed by atoms with van der Waals surface area (Å²) in [6.45, 7) is 0. The summed E-state index contributed by atoms with van der Waals surface area (Å²) in [6, 6.07) is 13.3. The van der Waals surface area contributed by atoms with Crippen LogP contribution in [0.5, 0.6) is 0 Å². The molecular formula is C16H14N2O5S. The molecule has 0 unspecified atom stereocenters. The molecule has 0 spiro atoms. The molecule has 0 saturated heterocycles. The highest BCUT2D eigenvalue weighted by molar-refractivity contribution is 7.89. The van der Waals surface area contributed by atoms with Gasteiger partial charge in [-0.1, -0.05) is 30.3 Å². The lowest BCUT2D eigenvalue weighted by molar-refractivity contribution is -0.131. The lowest BCUT2D eigenvalue weighted by atomic mass is 10.1. The van der Waals surface area contributed by atoms with Crippen LogP contribution in [-0.4, -0.2) is 25.2 Å². The first-order valence-electron chi connectivity index (χ1n) is 6.71. The van der Waals surface area contributed by atoms with Gasteiger partial charge in [0.25, 0.3) is 5.91 Å². The van der Waals surface area contributed by atoms with Crippen molar-refractivity contribution in [3.63, 3.8) is 0 Å². The Hall–Kier alpha value is -2.97. The third-order valence-electron chi connectivity index (χ3n) is 3.00. The first kappa shape index (κ1) is 17.4. The zero-order chi connectivity index (χ0) is 17.7. The summed E-state index contributed by atoms with van der Waals surface area (Å²) in [5, 5.41) is 17.1. The van der Waals surface area contributed by atoms with Crippen LogP contribution in [-0.2, 0) is 19.6 Å². The average molecular weight is 346 g/mol. The van der Waals surface area contributed by atoms with Crippen LogP contribution in [0.1, 0.15) is 5.56 Å². The minimum absolute atomic E-state index is 0.117. The van der Waals surface area contributed by atoms with Gasteiger partial charge in [-0.3, -0.25) is 9.59 Å². The summed E-state index contributed by atoms with van der Waals surface area (Å²) < 4.78 is 22.3. The Balaban J connectivity index is 2.08. The highest BCUT2D eigenvalue weighted by Crippen LogP contribution is 2.13. The molecule has 24 heavy (non-hydrogen) atoms. The van der Waals surface area contributed by atoms with Crippen molar-refractivity contribution in [3.8, 4) is 0 Å². The van der Waals surface area contributed by atoms with Gasteiger partial charge in [0.2, 0.25) is 15.8 Å². The van der Waals surface area contributed by atoms with Crippen molar-refractivity contribution in [2.45, 2.75) is 4.90 Å². The zero-order valence-corrected chi connectivity index (χ0v) is 13.2. The minimum Gasteiger partial charge on any atom is -0.507 e. The van der Waals surface area contributed by atoms with E-state index in [1.165, 1.54) is 24.3 Å². The fourth-order valence-electron chi connectivity index (χ4n) is 1.80. The van der Waals surface area contributed by atoms with Crippen LogP contribution in [0.25, 0.3) is 5.76 Å². The average Bonchev–Trinajstić information content (AvgIpc) is 2.55. The molecule has 8 heteroatoms. The fourth-order valence-corrected chi connectivity index (χ4v) is 2.32. The molecule has 0 heterocycles. The number of aliphatic hydroxyl groups is 1. The number of nitrogens with one attached hydrogen (secondary N) is 1. The third kappa shape index (κ3) is 4.51. The highest BCUT2D eigenvalue weighted by Gasteiger charge is 2.14. The molecule has 0 aliphatic rings. The molecule has 0 aromatic heterocycles. The van der Waals surface area contributed by atoms with Gasteiger partial charge >= 0.3 is 0 Å². The molecule has 0 bridgehead atoms. The van der Waals surface area contributed by atoms with Crippen LogP contribution >= 0.6 is 0 Å². The molecule has 0 radical (unpaired) electrons. The normalized spacial score (nSPS) is 11.8. The van der Waals surface area contributed by atoms with E-state index in [-0.39, 0.29) is 16.3 Å². The second kappa shape index (κ2) is 7.07. The van der Waals surface area contributed by atoms with Gasteiger partial charge in [0.15, 0.2) is 0 Å². The number of nitrogens with two attached hydrogens (primary N) is 1. The Labute approximate surface area is 138 Å². The maximum absolute atomic E-state index is 11.8. The Morgan fingerprint density at radius 3 is 2.12 bits per heavy atom. The lowest BCUT2D eigenvalue weighted by Gasteiger charge is -2.04. The van der Waals surface area contributed by atoms with E-state index >= 15 is 0 Å². The van der Waals surface area contributed by atoms with Gasteiger partial charge in [0, 0.05) is 17.3 Å². The van der Waals surface area contributed by atoms with Gasteiger partial charge in [0.1, 0.15) is 5.76 Å². The Kier molecular flexibility index (Phi) is 5.12. The summed E-state index contributed by atoms with van der Waals surface area (Å²) in [5.74, 6) is -2.26. The quantitative estimate of drug-likeness (QED) is 0.429. The molecule has 0 aliphatic heterocycles. The summed E-state index contributed by atoms with van der Waals surface area (Å²) in [5.41, 5.74) is 0.615. The van der Waals surface area contributed by atoms with Crippen molar-refractivity contribution in [1.82, 2.24) is 0 Å². The van der Waals surface area contributed by atoms with E-state index in [0.29, 0.717) is 5.56 Å². The minimum atomic E-state index is -3.83. The molecule has 1 amide bonds. The van der Waals surface area contributed by atoms with Crippen LogP contribution < -0.4 is 10.5 Å².